The second kappa shape index (κ2) is 8.22. The van der Waals surface area contributed by atoms with Crippen LogP contribution in [0.15, 0.2) is 48.5 Å². The Bertz CT molecular complexity index is 867. The molecule has 0 spiro atoms. The topological polar surface area (TPSA) is 78.5 Å². The van der Waals surface area contributed by atoms with Crippen LogP contribution in [0.3, 0.4) is 0 Å². The number of hydrogen-bond donors (Lipinski definition) is 2. The molecule has 7 heteroatoms. The molecular weight excluding hydrogens is 366 g/mol. The van der Waals surface area contributed by atoms with Gasteiger partial charge >= 0.3 is 0 Å². The van der Waals surface area contributed by atoms with Crippen molar-refractivity contribution in [3.05, 3.63) is 70.2 Å². The first-order chi connectivity index (χ1) is 13.0. The lowest BCUT2D eigenvalue weighted by atomic mass is 9.90. The third kappa shape index (κ3) is 4.46. The van der Waals surface area contributed by atoms with Gasteiger partial charge in [-0.3, -0.25) is 25.2 Å². The van der Waals surface area contributed by atoms with Crippen LogP contribution >= 0.6 is 11.6 Å². The zero-order chi connectivity index (χ0) is 19.4. The first kappa shape index (κ1) is 18.9. The first-order valence-corrected chi connectivity index (χ1v) is 9.03. The number of fused-ring (bicyclic) bond motifs is 1. The molecule has 140 valence electrons. The van der Waals surface area contributed by atoms with E-state index in [1.165, 1.54) is 6.92 Å². The van der Waals surface area contributed by atoms with Gasteiger partial charge in [0, 0.05) is 24.1 Å². The summed E-state index contributed by atoms with van der Waals surface area (Å²) in [6, 6.07) is 13.8. The van der Waals surface area contributed by atoms with Crippen molar-refractivity contribution in [1.82, 2.24) is 15.8 Å². The van der Waals surface area contributed by atoms with E-state index in [9.17, 15) is 14.4 Å². The summed E-state index contributed by atoms with van der Waals surface area (Å²) in [5.41, 5.74) is 7.30. The zero-order valence-electron chi connectivity index (χ0n) is 14.9. The minimum Gasteiger partial charge on any atom is -0.335 e. The number of carbonyl (C=O) groups excluding carboxylic acids is 3. The van der Waals surface area contributed by atoms with Crippen molar-refractivity contribution in [2.45, 2.75) is 25.8 Å². The highest BCUT2D eigenvalue weighted by atomic mass is 35.5. The molecule has 2 aromatic rings. The third-order valence-electron chi connectivity index (χ3n) is 4.62. The molecule has 1 heterocycles. The number of carbonyl (C=O) groups is 3. The minimum atomic E-state index is -0.438. The van der Waals surface area contributed by atoms with Crippen LogP contribution in [-0.2, 0) is 16.0 Å². The highest BCUT2D eigenvalue weighted by Gasteiger charge is 2.30. The van der Waals surface area contributed by atoms with Gasteiger partial charge in [-0.1, -0.05) is 35.9 Å². The minimum absolute atomic E-state index is 0.0670. The van der Waals surface area contributed by atoms with E-state index in [0.717, 1.165) is 17.5 Å². The van der Waals surface area contributed by atoms with Crippen LogP contribution in [0.1, 0.15) is 40.9 Å². The Morgan fingerprint density at radius 3 is 2.48 bits per heavy atom. The second-order valence-electron chi connectivity index (χ2n) is 6.39. The van der Waals surface area contributed by atoms with Gasteiger partial charge in [0.1, 0.15) is 0 Å². The first-order valence-electron chi connectivity index (χ1n) is 8.65. The van der Waals surface area contributed by atoms with E-state index >= 15 is 0 Å². The molecule has 0 saturated heterocycles. The average Bonchev–Trinajstić information content (AvgIpc) is 2.66. The Morgan fingerprint density at radius 1 is 1.07 bits per heavy atom. The smallest absolute Gasteiger partial charge is 0.269 e. The Balaban J connectivity index is 1.66. The molecule has 0 bridgehead atoms. The van der Waals surface area contributed by atoms with E-state index in [0.29, 0.717) is 17.1 Å². The molecular formula is C20H20ClN3O3. The predicted molar refractivity (Wildman–Crippen MR) is 102 cm³/mol. The molecule has 0 radical (unpaired) electrons. The second-order valence-corrected chi connectivity index (χ2v) is 6.83. The SMILES string of the molecule is CC(=O)N1CCc2ccccc2C1CC(=O)NNC(=O)c1ccc(Cl)cc1. The van der Waals surface area contributed by atoms with Gasteiger partial charge in [0.15, 0.2) is 0 Å². The fourth-order valence-electron chi connectivity index (χ4n) is 3.28. The van der Waals surface area contributed by atoms with Gasteiger partial charge in [-0.05, 0) is 41.8 Å². The summed E-state index contributed by atoms with van der Waals surface area (Å²) in [7, 11) is 0. The number of nitrogens with zero attached hydrogens (tertiary/aromatic N) is 1. The van der Waals surface area contributed by atoms with Gasteiger partial charge in [0.25, 0.3) is 5.91 Å². The van der Waals surface area contributed by atoms with Crippen molar-refractivity contribution >= 4 is 29.3 Å². The van der Waals surface area contributed by atoms with Crippen molar-refractivity contribution in [3.63, 3.8) is 0 Å². The zero-order valence-corrected chi connectivity index (χ0v) is 15.6. The number of hydrazine groups is 1. The Morgan fingerprint density at radius 2 is 1.78 bits per heavy atom. The summed E-state index contributed by atoms with van der Waals surface area (Å²) in [5.74, 6) is -0.884. The van der Waals surface area contributed by atoms with Crippen LogP contribution in [-0.4, -0.2) is 29.2 Å². The normalized spacial score (nSPS) is 15.6. The summed E-state index contributed by atoms with van der Waals surface area (Å²) in [6.07, 6.45) is 0.832. The van der Waals surface area contributed by atoms with Crippen molar-refractivity contribution in [1.29, 1.82) is 0 Å². The fraction of sp³-hybridized carbons (Fsp3) is 0.250. The fourth-order valence-corrected chi connectivity index (χ4v) is 3.40. The summed E-state index contributed by atoms with van der Waals surface area (Å²) in [6.45, 7) is 2.07. The molecule has 1 unspecified atom stereocenters. The third-order valence-corrected chi connectivity index (χ3v) is 4.87. The average molecular weight is 386 g/mol. The molecule has 2 N–H and O–H groups in total. The van der Waals surface area contributed by atoms with Crippen LogP contribution in [0.4, 0.5) is 0 Å². The Labute approximate surface area is 162 Å². The number of nitrogens with one attached hydrogen (secondary N) is 2. The number of halogens is 1. The Kier molecular flexibility index (Phi) is 5.76. The molecule has 1 aliphatic rings. The summed E-state index contributed by atoms with van der Waals surface area (Å²) in [5, 5.41) is 0.524. The van der Waals surface area contributed by atoms with E-state index < -0.39 is 5.91 Å². The molecule has 0 fully saturated rings. The van der Waals surface area contributed by atoms with Crippen LogP contribution in [0.5, 0.6) is 0 Å². The van der Waals surface area contributed by atoms with Crippen molar-refractivity contribution in [2.24, 2.45) is 0 Å². The van der Waals surface area contributed by atoms with Gasteiger partial charge in [-0.25, -0.2) is 0 Å². The molecule has 27 heavy (non-hydrogen) atoms. The van der Waals surface area contributed by atoms with E-state index in [-0.39, 0.29) is 24.3 Å². The molecule has 0 saturated carbocycles. The maximum Gasteiger partial charge on any atom is 0.269 e. The maximum absolute atomic E-state index is 12.4. The summed E-state index contributed by atoms with van der Waals surface area (Å²) < 4.78 is 0. The molecule has 1 aliphatic heterocycles. The molecule has 2 aromatic carbocycles. The number of rotatable bonds is 3. The van der Waals surface area contributed by atoms with E-state index in [1.807, 2.05) is 24.3 Å². The van der Waals surface area contributed by atoms with E-state index in [4.69, 9.17) is 11.6 Å². The van der Waals surface area contributed by atoms with Gasteiger partial charge < -0.3 is 4.90 Å². The number of amides is 3. The molecule has 0 aromatic heterocycles. The standard InChI is InChI=1S/C20H20ClN3O3/c1-13(25)24-11-10-14-4-2-3-5-17(14)18(24)12-19(26)22-23-20(27)15-6-8-16(21)9-7-15/h2-9,18H,10-12H2,1H3,(H,22,26)(H,23,27). The van der Waals surface area contributed by atoms with Gasteiger partial charge in [0.05, 0.1) is 12.5 Å². The molecule has 6 nitrogen and oxygen atoms in total. The van der Waals surface area contributed by atoms with Crippen LogP contribution < -0.4 is 10.9 Å². The lowest BCUT2D eigenvalue weighted by Crippen LogP contribution is -2.45. The van der Waals surface area contributed by atoms with Crippen molar-refractivity contribution < 1.29 is 14.4 Å². The lowest BCUT2D eigenvalue weighted by Gasteiger charge is -2.36. The summed E-state index contributed by atoms with van der Waals surface area (Å²) in [4.78, 5) is 38.2. The number of hydrogen-bond acceptors (Lipinski definition) is 3. The quantitative estimate of drug-likeness (QED) is 0.797. The largest absolute Gasteiger partial charge is 0.335 e. The molecule has 3 rings (SSSR count). The van der Waals surface area contributed by atoms with Gasteiger partial charge in [0.2, 0.25) is 11.8 Å². The number of benzene rings is 2. The highest BCUT2D eigenvalue weighted by Crippen LogP contribution is 2.32. The van der Waals surface area contributed by atoms with E-state index in [2.05, 4.69) is 10.9 Å². The lowest BCUT2D eigenvalue weighted by molar-refractivity contribution is -0.133. The van der Waals surface area contributed by atoms with Crippen LogP contribution in [0.2, 0.25) is 5.02 Å². The summed E-state index contributed by atoms with van der Waals surface area (Å²) >= 11 is 5.80. The van der Waals surface area contributed by atoms with E-state index in [1.54, 1.807) is 29.2 Å². The van der Waals surface area contributed by atoms with Crippen molar-refractivity contribution in [2.75, 3.05) is 6.54 Å². The molecule has 0 aliphatic carbocycles. The molecule has 3 amide bonds. The molecule has 1 atom stereocenters. The predicted octanol–water partition coefficient (Wildman–Crippen LogP) is 2.64. The van der Waals surface area contributed by atoms with Gasteiger partial charge in [-0.15, -0.1) is 0 Å². The monoisotopic (exact) mass is 385 g/mol. The van der Waals surface area contributed by atoms with Crippen molar-refractivity contribution in [3.8, 4) is 0 Å². The highest BCUT2D eigenvalue weighted by molar-refractivity contribution is 6.30. The van der Waals surface area contributed by atoms with Crippen LogP contribution in [0, 0.1) is 0 Å². The maximum atomic E-state index is 12.4. The Hall–Kier alpha value is -2.86. The van der Waals surface area contributed by atoms with Crippen LogP contribution in [0.25, 0.3) is 0 Å². The van der Waals surface area contributed by atoms with Gasteiger partial charge in [-0.2, -0.15) is 0 Å².